The van der Waals surface area contributed by atoms with E-state index in [2.05, 4.69) is 22.3 Å². The number of nitrogens with one attached hydrogen (secondary N) is 1. The van der Waals surface area contributed by atoms with Crippen LogP contribution in [0.5, 0.6) is 0 Å². The zero-order chi connectivity index (χ0) is 19.2. The van der Waals surface area contributed by atoms with Gasteiger partial charge in [0.1, 0.15) is 6.10 Å². The molecule has 1 N–H and O–H groups in total. The normalized spacial score (nSPS) is 17.3. The first-order chi connectivity index (χ1) is 13.1. The van der Waals surface area contributed by atoms with Crippen LogP contribution in [-0.2, 0) is 20.8 Å². The number of ether oxygens (including phenoxy) is 2. The van der Waals surface area contributed by atoms with Crippen molar-refractivity contribution in [3.63, 3.8) is 0 Å². The number of methoxy groups -OCH3 is 1. The number of carbonyl (C=O) groups is 2. The topological polar surface area (TPSA) is 67.9 Å². The molecule has 0 radical (unpaired) electrons. The van der Waals surface area contributed by atoms with E-state index in [1.165, 1.54) is 18.7 Å². The number of hydrogen-bond acceptors (Lipinski definition) is 5. The van der Waals surface area contributed by atoms with Crippen LogP contribution >= 0.6 is 11.6 Å². The maximum absolute atomic E-state index is 12.6. The second kappa shape index (κ2) is 8.99. The van der Waals surface area contributed by atoms with Crippen LogP contribution in [0.15, 0.2) is 48.5 Å². The number of esters is 1. The molecule has 0 saturated carbocycles. The van der Waals surface area contributed by atoms with E-state index in [0.717, 1.165) is 13.1 Å². The molecule has 6 nitrogen and oxygen atoms in total. The maximum atomic E-state index is 12.6. The molecular weight excluding hydrogens is 368 g/mol. The zero-order valence-electron chi connectivity index (χ0n) is 15.0. The smallest absolute Gasteiger partial charge is 0.337 e. The molecule has 2 aromatic carbocycles. The molecule has 1 aliphatic heterocycles. The predicted molar refractivity (Wildman–Crippen MR) is 103 cm³/mol. The van der Waals surface area contributed by atoms with Gasteiger partial charge < -0.3 is 14.8 Å². The summed E-state index contributed by atoms with van der Waals surface area (Å²) in [4.78, 5) is 26.5. The van der Waals surface area contributed by atoms with Gasteiger partial charge in [0.25, 0.3) is 5.91 Å². The molecule has 1 aliphatic rings. The Labute approximate surface area is 163 Å². The van der Waals surface area contributed by atoms with E-state index in [-0.39, 0.29) is 5.91 Å². The number of benzene rings is 2. The molecule has 142 valence electrons. The number of halogens is 1. The summed E-state index contributed by atoms with van der Waals surface area (Å²) in [6.07, 6.45) is -0.611. The molecule has 7 heteroatoms. The second-order valence-corrected chi connectivity index (χ2v) is 6.66. The fourth-order valence-corrected chi connectivity index (χ4v) is 3.09. The number of morpholine rings is 1. The molecule has 1 fully saturated rings. The Morgan fingerprint density at radius 1 is 1.26 bits per heavy atom. The van der Waals surface area contributed by atoms with Gasteiger partial charge >= 0.3 is 5.97 Å². The summed E-state index contributed by atoms with van der Waals surface area (Å²) in [7, 11) is 1.30. The van der Waals surface area contributed by atoms with Crippen LogP contribution < -0.4 is 5.32 Å². The second-order valence-electron chi connectivity index (χ2n) is 6.26. The van der Waals surface area contributed by atoms with Gasteiger partial charge in [-0.2, -0.15) is 0 Å². The molecule has 1 amide bonds. The van der Waals surface area contributed by atoms with E-state index in [0.29, 0.717) is 29.4 Å². The van der Waals surface area contributed by atoms with E-state index in [1.54, 1.807) is 12.1 Å². The number of nitrogens with zero attached hydrogens (tertiary/aromatic N) is 1. The lowest BCUT2D eigenvalue weighted by Crippen LogP contribution is -2.47. The Kier molecular flexibility index (Phi) is 6.45. The molecule has 2 aromatic rings. The highest BCUT2D eigenvalue weighted by molar-refractivity contribution is 6.33. The molecule has 0 aromatic heterocycles. The third kappa shape index (κ3) is 5.07. The maximum Gasteiger partial charge on any atom is 0.337 e. The lowest BCUT2D eigenvalue weighted by atomic mass is 10.1. The summed E-state index contributed by atoms with van der Waals surface area (Å²) >= 11 is 6.15. The van der Waals surface area contributed by atoms with Crippen LogP contribution in [0.3, 0.4) is 0 Å². The summed E-state index contributed by atoms with van der Waals surface area (Å²) in [5.41, 5.74) is 1.85. The van der Waals surface area contributed by atoms with Gasteiger partial charge in [-0.15, -0.1) is 0 Å². The molecule has 1 atom stereocenters. The number of anilines is 1. The molecule has 1 heterocycles. The van der Waals surface area contributed by atoms with Gasteiger partial charge in [-0.1, -0.05) is 41.9 Å². The van der Waals surface area contributed by atoms with Gasteiger partial charge in [-0.3, -0.25) is 9.69 Å². The van der Waals surface area contributed by atoms with Gasteiger partial charge in [0.15, 0.2) is 0 Å². The molecule has 3 rings (SSSR count). The quantitative estimate of drug-likeness (QED) is 0.797. The van der Waals surface area contributed by atoms with Gasteiger partial charge in [-0.05, 0) is 23.8 Å². The molecule has 1 saturated heterocycles. The summed E-state index contributed by atoms with van der Waals surface area (Å²) in [5, 5.41) is 3.09. The van der Waals surface area contributed by atoms with E-state index >= 15 is 0 Å². The first-order valence-corrected chi connectivity index (χ1v) is 9.01. The molecule has 0 spiro atoms. The predicted octanol–water partition coefficient (Wildman–Crippen LogP) is 2.97. The van der Waals surface area contributed by atoms with Crippen LogP contribution in [-0.4, -0.2) is 49.7 Å². The lowest BCUT2D eigenvalue weighted by Gasteiger charge is -2.32. The van der Waals surface area contributed by atoms with Crippen molar-refractivity contribution in [1.29, 1.82) is 0 Å². The standard InChI is InChI=1S/C20H21ClN2O4/c1-26-20(25)15-7-8-16(21)17(11-15)22-19(24)18-13-23(9-10-27-18)12-14-5-3-2-4-6-14/h2-8,11,18H,9-10,12-13H2,1H3,(H,22,24). The van der Waals surface area contributed by atoms with Crippen molar-refractivity contribution in [3.05, 3.63) is 64.7 Å². The molecule has 0 bridgehead atoms. The molecular formula is C20H21ClN2O4. The highest BCUT2D eigenvalue weighted by atomic mass is 35.5. The van der Waals surface area contributed by atoms with Crippen LogP contribution in [0.25, 0.3) is 0 Å². The first kappa shape index (κ1) is 19.4. The SMILES string of the molecule is COC(=O)c1ccc(Cl)c(NC(=O)C2CN(Cc3ccccc3)CCO2)c1. The molecule has 0 aliphatic carbocycles. The van der Waals surface area contributed by atoms with Crippen LogP contribution in [0.1, 0.15) is 15.9 Å². The highest BCUT2D eigenvalue weighted by Crippen LogP contribution is 2.24. The Morgan fingerprint density at radius 2 is 2.04 bits per heavy atom. The van der Waals surface area contributed by atoms with Crippen LogP contribution in [0.4, 0.5) is 5.69 Å². The number of rotatable bonds is 5. The third-order valence-corrected chi connectivity index (χ3v) is 4.67. The van der Waals surface area contributed by atoms with E-state index in [9.17, 15) is 9.59 Å². The van der Waals surface area contributed by atoms with Gasteiger partial charge in [-0.25, -0.2) is 4.79 Å². The van der Waals surface area contributed by atoms with E-state index in [1.807, 2.05) is 18.2 Å². The minimum Gasteiger partial charge on any atom is -0.465 e. The Bertz CT molecular complexity index is 813. The van der Waals surface area contributed by atoms with Crippen molar-refractivity contribution in [2.24, 2.45) is 0 Å². The summed E-state index contributed by atoms with van der Waals surface area (Å²) < 4.78 is 10.3. The Balaban J connectivity index is 1.64. The average Bonchev–Trinajstić information content (AvgIpc) is 2.70. The lowest BCUT2D eigenvalue weighted by molar-refractivity contribution is -0.133. The van der Waals surface area contributed by atoms with Crippen molar-refractivity contribution in [1.82, 2.24) is 4.90 Å². The van der Waals surface area contributed by atoms with Gasteiger partial charge in [0.05, 0.1) is 30.0 Å². The summed E-state index contributed by atoms with van der Waals surface area (Å²) in [5.74, 6) is -0.790. The number of carbonyl (C=O) groups excluding carboxylic acids is 2. The Morgan fingerprint density at radius 3 is 2.78 bits per heavy atom. The van der Waals surface area contributed by atoms with Crippen molar-refractivity contribution in [3.8, 4) is 0 Å². The Hall–Kier alpha value is -2.41. The zero-order valence-corrected chi connectivity index (χ0v) is 15.7. The minimum absolute atomic E-state index is 0.295. The molecule has 27 heavy (non-hydrogen) atoms. The third-order valence-electron chi connectivity index (χ3n) is 4.34. The molecule has 1 unspecified atom stereocenters. The van der Waals surface area contributed by atoms with Crippen LogP contribution in [0.2, 0.25) is 5.02 Å². The van der Waals surface area contributed by atoms with Gasteiger partial charge in [0, 0.05) is 19.6 Å². The summed E-state index contributed by atoms with van der Waals surface area (Å²) in [6.45, 7) is 2.47. The van der Waals surface area contributed by atoms with Crippen molar-refractivity contribution in [2.45, 2.75) is 12.6 Å². The highest BCUT2D eigenvalue weighted by Gasteiger charge is 2.27. The minimum atomic E-state index is -0.611. The van der Waals surface area contributed by atoms with Crippen molar-refractivity contribution >= 4 is 29.2 Å². The van der Waals surface area contributed by atoms with E-state index in [4.69, 9.17) is 21.1 Å². The monoisotopic (exact) mass is 388 g/mol. The van der Waals surface area contributed by atoms with Crippen molar-refractivity contribution < 1.29 is 19.1 Å². The number of hydrogen-bond donors (Lipinski definition) is 1. The first-order valence-electron chi connectivity index (χ1n) is 8.63. The summed E-state index contributed by atoms with van der Waals surface area (Å²) in [6, 6.07) is 14.7. The number of amides is 1. The fraction of sp³-hybridized carbons (Fsp3) is 0.300. The van der Waals surface area contributed by atoms with Gasteiger partial charge in [0.2, 0.25) is 0 Å². The fourth-order valence-electron chi connectivity index (χ4n) is 2.93. The average molecular weight is 389 g/mol. The van der Waals surface area contributed by atoms with Crippen molar-refractivity contribution in [2.75, 3.05) is 32.1 Å². The van der Waals surface area contributed by atoms with Crippen LogP contribution in [0, 0.1) is 0 Å². The largest absolute Gasteiger partial charge is 0.465 e. The van der Waals surface area contributed by atoms with E-state index < -0.39 is 12.1 Å².